The fourth-order valence-corrected chi connectivity index (χ4v) is 2.94. The van der Waals surface area contributed by atoms with Crippen molar-refractivity contribution < 1.29 is 19.1 Å². The molecular formula is C19H15N3O4. The van der Waals surface area contributed by atoms with Crippen LogP contribution in [-0.2, 0) is 16.1 Å². The predicted octanol–water partition coefficient (Wildman–Crippen LogP) is 1.98. The maximum atomic E-state index is 12.2. The molecular weight excluding hydrogens is 334 g/mol. The van der Waals surface area contributed by atoms with Crippen LogP contribution in [0.2, 0.25) is 0 Å². The lowest BCUT2D eigenvalue weighted by atomic mass is 10.1. The van der Waals surface area contributed by atoms with Crippen LogP contribution in [0.25, 0.3) is 5.65 Å². The Hall–Kier alpha value is -3.48. The molecule has 0 radical (unpaired) electrons. The Morgan fingerprint density at radius 3 is 2.42 bits per heavy atom. The molecule has 7 nitrogen and oxygen atoms in total. The number of fused-ring (bicyclic) bond motifs is 2. The van der Waals surface area contributed by atoms with E-state index in [1.54, 1.807) is 30.5 Å². The molecule has 130 valence electrons. The van der Waals surface area contributed by atoms with Crippen LogP contribution in [-0.4, -0.2) is 38.6 Å². The molecule has 2 amide bonds. The summed E-state index contributed by atoms with van der Waals surface area (Å²) in [6.07, 6.45) is 3.70. The average molecular weight is 349 g/mol. The third kappa shape index (κ3) is 2.73. The van der Waals surface area contributed by atoms with Crippen LogP contribution in [0.3, 0.4) is 0 Å². The van der Waals surface area contributed by atoms with Crippen LogP contribution in [0, 0.1) is 6.92 Å². The summed E-state index contributed by atoms with van der Waals surface area (Å²) < 4.78 is 7.03. The highest BCUT2D eigenvalue weighted by atomic mass is 16.5. The highest BCUT2D eigenvalue weighted by Crippen LogP contribution is 2.22. The Labute approximate surface area is 148 Å². The first-order valence-electron chi connectivity index (χ1n) is 8.08. The average Bonchev–Trinajstić information content (AvgIpc) is 3.14. The van der Waals surface area contributed by atoms with Crippen molar-refractivity contribution in [1.82, 2.24) is 14.3 Å². The lowest BCUT2D eigenvalue weighted by Crippen LogP contribution is -2.35. The molecule has 0 unspecified atom stereocenters. The summed E-state index contributed by atoms with van der Waals surface area (Å²) in [6.45, 7) is 1.53. The zero-order valence-corrected chi connectivity index (χ0v) is 14.0. The minimum Gasteiger partial charge on any atom is -0.458 e. The Balaban J connectivity index is 1.41. The molecule has 7 heteroatoms. The van der Waals surface area contributed by atoms with Crippen LogP contribution in [0.15, 0.2) is 48.8 Å². The number of nitrogens with zero attached hydrogens (tertiary/aromatic N) is 3. The summed E-state index contributed by atoms with van der Waals surface area (Å²) in [7, 11) is 0. The number of amides is 2. The molecule has 0 fully saturated rings. The van der Waals surface area contributed by atoms with Gasteiger partial charge in [0.15, 0.2) is 0 Å². The SMILES string of the molecule is Cc1ccc2nc(COC(=O)CN3C(=O)c4ccccc4C3=O)cn2c1. The van der Waals surface area contributed by atoms with Gasteiger partial charge in [0, 0.05) is 12.4 Å². The fourth-order valence-electron chi connectivity index (χ4n) is 2.94. The van der Waals surface area contributed by atoms with E-state index in [9.17, 15) is 14.4 Å². The Morgan fingerprint density at radius 2 is 1.73 bits per heavy atom. The number of benzene rings is 1. The largest absolute Gasteiger partial charge is 0.458 e. The van der Waals surface area contributed by atoms with Crippen LogP contribution < -0.4 is 0 Å². The maximum absolute atomic E-state index is 12.2. The van der Waals surface area contributed by atoms with Gasteiger partial charge in [-0.3, -0.25) is 19.3 Å². The van der Waals surface area contributed by atoms with Gasteiger partial charge in [-0.1, -0.05) is 18.2 Å². The van der Waals surface area contributed by atoms with E-state index in [0.29, 0.717) is 16.8 Å². The summed E-state index contributed by atoms with van der Waals surface area (Å²) in [5.74, 6) is -1.62. The number of carbonyl (C=O) groups is 3. The molecule has 3 heterocycles. The number of pyridine rings is 1. The maximum Gasteiger partial charge on any atom is 0.326 e. The minimum atomic E-state index is -0.659. The van der Waals surface area contributed by atoms with Gasteiger partial charge in [-0.2, -0.15) is 0 Å². The zero-order valence-electron chi connectivity index (χ0n) is 14.0. The lowest BCUT2D eigenvalue weighted by Gasteiger charge is -2.12. The number of aromatic nitrogens is 2. The third-order valence-corrected chi connectivity index (χ3v) is 4.20. The van der Waals surface area contributed by atoms with Gasteiger partial charge < -0.3 is 9.14 Å². The molecule has 0 aliphatic carbocycles. The Kier molecular flexibility index (Phi) is 3.76. The normalized spacial score (nSPS) is 13.3. The van der Waals surface area contributed by atoms with Gasteiger partial charge in [0.2, 0.25) is 0 Å². The van der Waals surface area contributed by atoms with Gasteiger partial charge in [-0.15, -0.1) is 0 Å². The van der Waals surface area contributed by atoms with Gasteiger partial charge in [-0.25, -0.2) is 4.98 Å². The minimum absolute atomic E-state index is 0.0251. The molecule has 2 aromatic heterocycles. The molecule has 1 aliphatic heterocycles. The zero-order chi connectivity index (χ0) is 18.3. The molecule has 0 saturated carbocycles. The van der Waals surface area contributed by atoms with Crippen LogP contribution in [0.5, 0.6) is 0 Å². The van der Waals surface area contributed by atoms with E-state index in [0.717, 1.165) is 16.1 Å². The van der Waals surface area contributed by atoms with E-state index in [4.69, 9.17) is 4.74 Å². The van der Waals surface area contributed by atoms with Crippen molar-refractivity contribution in [2.24, 2.45) is 0 Å². The van der Waals surface area contributed by atoms with E-state index >= 15 is 0 Å². The predicted molar refractivity (Wildman–Crippen MR) is 91.5 cm³/mol. The van der Waals surface area contributed by atoms with Crippen LogP contribution >= 0.6 is 0 Å². The molecule has 0 spiro atoms. The van der Waals surface area contributed by atoms with Gasteiger partial charge in [0.05, 0.1) is 16.8 Å². The second-order valence-electron chi connectivity index (χ2n) is 6.11. The molecule has 26 heavy (non-hydrogen) atoms. The molecule has 0 N–H and O–H groups in total. The number of carbonyl (C=O) groups excluding carboxylic acids is 3. The van der Waals surface area contributed by atoms with E-state index in [1.165, 1.54) is 0 Å². The second kappa shape index (κ2) is 6.11. The van der Waals surface area contributed by atoms with E-state index < -0.39 is 24.3 Å². The molecule has 1 aliphatic rings. The van der Waals surface area contributed by atoms with Crippen molar-refractivity contribution in [3.8, 4) is 0 Å². The summed E-state index contributed by atoms with van der Waals surface area (Å²) in [5.41, 5.74) is 3.04. The standard InChI is InChI=1S/C19H15N3O4/c1-12-6-7-16-20-13(9-21(16)8-12)11-26-17(23)10-22-18(24)14-4-2-3-5-15(14)19(22)25/h2-9H,10-11H2,1H3. The monoisotopic (exact) mass is 349 g/mol. The molecule has 3 aromatic rings. The Bertz CT molecular complexity index is 1020. The number of esters is 1. The number of aryl methyl sites for hydroxylation is 1. The summed E-state index contributed by atoms with van der Waals surface area (Å²) in [4.78, 5) is 41.8. The summed E-state index contributed by atoms with van der Waals surface area (Å²) in [6, 6.07) is 10.3. The van der Waals surface area contributed by atoms with Gasteiger partial charge in [0.25, 0.3) is 11.8 Å². The van der Waals surface area contributed by atoms with Gasteiger partial charge in [0.1, 0.15) is 18.8 Å². The van der Waals surface area contributed by atoms with Crippen molar-refractivity contribution >= 4 is 23.4 Å². The Morgan fingerprint density at radius 1 is 1.04 bits per heavy atom. The first-order valence-corrected chi connectivity index (χ1v) is 8.08. The highest BCUT2D eigenvalue weighted by molar-refractivity contribution is 6.22. The topological polar surface area (TPSA) is 81.0 Å². The summed E-state index contributed by atoms with van der Waals surface area (Å²) >= 11 is 0. The number of rotatable bonds is 4. The first kappa shape index (κ1) is 16.0. The first-order chi connectivity index (χ1) is 12.5. The molecule has 1 aromatic carbocycles. The lowest BCUT2D eigenvalue weighted by molar-refractivity contribution is -0.145. The molecule has 0 saturated heterocycles. The van der Waals surface area contributed by atoms with Crippen molar-refractivity contribution in [3.05, 3.63) is 71.2 Å². The van der Waals surface area contributed by atoms with Gasteiger partial charge in [-0.05, 0) is 30.7 Å². The van der Waals surface area contributed by atoms with Crippen molar-refractivity contribution in [2.45, 2.75) is 13.5 Å². The highest BCUT2D eigenvalue weighted by Gasteiger charge is 2.36. The molecule has 0 bridgehead atoms. The number of hydrogen-bond acceptors (Lipinski definition) is 5. The summed E-state index contributed by atoms with van der Waals surface area (Å²) in [5, 5.41) is 0. The van der Waals surface area contributed by atoms with Crippen molar-refractivity contribution in [1.29, 1.82) is 0 Å². The van der Waals surface area contributed by atoms with Crippen molar-refractivity contribution in [3.63, 3.8) is 0 Å². The third-order valence-electron chi connectivity index (χ3n) is 4.20. The molecule has 0 atom stereocenters. The van der Waals surface area contributed by atoms with Crippen LogP contribution in [0.4, 0.5) is 0 Å². The van der Waals surface area contributed by atoms with E-state index in [1.807, 2.05) is 29.7 Å². The van der Waals surface area contributed by atoms with Crippen LogP contribution in [0.1, 0.15) is 32.0 Å². The smallest absolute Gasteiger partial charge is 0.326 e. The fraction of sp³-hybridized carbons (Fsp3) is 0.158. The molecule has 4 rings (SSSR count). The van der Waals surface area contributed by atoms with E-state index in [2.05, 4.69) is 4.98 Å². The number of ether oxygens (including phenoxy) is 1. The second-order valence-corrected chi connectivity index (χ2v) is 6.11. The number of imide groups is 1. The number of imidazole rings is 1. The van der Waals surface area contributed by atoms with Gasteiger partial charge >= 0.3 is 5.97 Å². The van der Waals surface area contributed by atoms with E-state index in [-0.39, 0.29) is 6.61 Å². The number of hydrogen-bond donors (Lipinski definition) is 0. The quantitative estimate of drug-likeness (QED) is 0.531. The van der Waals surface area contributed by atoms with Crippen molar-refractivity contribution in [2.75, 3.05) is 6.54 Å².